The van der Waals surface area contributed by atoms with Gasteiger partial charge in [-0.15, -0.1) is 0 Å². The number of hydrogen-bond acceptors (Lipinski definition) is 21. The smallest absolute Gasteiger partial charge is 0.258 e. The maximum atomic E-state index is 13.1. The second kappa shape index (κ2) is 33.0. The van der Waals surface area contributed by atoms with Crippen molar-refractivity contribution in [1.82, 2.24) is 99.9 Å². The maximum absolute atomic E-state index is 13.1. The fraction of sp³-hybridized carbons (Fsp3) is 0.385. The molecule has 0 aliphatic carbocycles. The third-order valence-electron chi connectivity index (χ3n) is 26.4. The van der Waals surface area contributed by atoms with Crippen LogP contribution in [0.1, 0.15) is 104 Å². The minimum absolute atomic E-state index is 0.0547. The molecule has 6 aliphatic heterocycles. The molecule has 0 amide bonds. The molecular weight excluding hydrogens is 1570 g/mol. The van der Waals surface area contributed by atoms with Crippen molar-refractivity contribution in [2.45, 2.75) is 132 Å². The van der Waals surface area contributed by atoms with Gasteiger partial charge < -0.3 is 42.6 Å². The number of rotatable bonds is 11. The van der Waals surface area contributed by atoms with Gasteiger partial charge in [0.1, 0.15) is 45.2 Å². The van der Waals surface area contributed by atoms with Crippen LogP contribution < -0.4 is 41.8 Å². The average molecular weight is 1680 g/mol. The van der Waals surface area contributed by atoms with E-state index >= 15 is 0 Å². The number of piperazine rings is 3. The summed E-state index contributed by atoms with van der Waals surface area (Å²) in [5.41, 5.74) is 25.8. The summed E-state index contributed by atoms with van der Waals surface area (Å²) in [6.45, 7) is 38.4. The summed E-state index contributed by atoms with van der Waals surface area (Å²) in [4.78, 5) is 109. The van der Waals surface area contributed by atoms with E-state index in [0.29, 0.717) is 63.1 Å². The molecule has 3 atom stereocenters. The molecule has 0 spiro atoms. The first-order valence-corrected chi connectivity index (χ1v) is 44.1. The molecule has 0 unspecified atom stereocenters. The van der Waals surface area contributed by atoms with Gasteiger partial charge in [-0.3, -0.25) is 51.6 Å². The van der Waals surface area contributed by atoms with E-state index in [9.17, 15) is 19.2 Å². The minimum atomic E-state index is -0.0969. The zero-order valence-corrected chi connectivity index (χ0v) is 73.8. The summed E-state index contributed by atoms with van der Waals surface area (Å²) < 4.78 is 14.5. The zero-order chi connectivity index (χ0) is 86.5. The first-order chi connectivity index (χ1) is 60.3. The average Bonchev–Trinajstić information content (AvgIpc) is 1.76. The lowest BCUT2D eigenvalue weighted by Gasteiger charge is -2.46. The summed E-state index contributed by atoms with van der Waals surface area (Å²) >= 11 is 0. The molecular formula is C96H109N25O4. The van der Waals surface area contributed by atoms with Gasteiger partial charge in [0.05, 0.1) is 85.7 Å². The molecule has 22 heterocycles. The zero-order valence-electron chi connectivity index (χ0n) is 73.8. The van der Waals surface area contributed by atoms with Crippen LogP contribution in [0.25, 0.3) is 90.2 Å². The topological polar surface area (TPSA) is 245 Å². The lowest BCUT2D eigenvalue weighted by molar-refractivity contribution is 0.138. The van der Waals surface area contributed by atoms with Gasteiger partial charge >= 0.3 is 0 Å². The van der Waals surface area contributed by atoms with E-state index in [0.717, 1.165) is 211 Å². The van der Waals surface area contributed by atoms with Crippen LogP contribution in [0.4, 0.5) is 22.7 Å². The van der Waals surface area contributed by atoms with Gasteiger partial charge in [-0.05, 0) is 224 Å². The van der Waals surface area contributed by atoms with Crippen LogP contribution in [0, 0.1) is 55.4 Å². The highest BCUT2D eigenvalue weighted by Crippen LogP contribution is 2.36. The van der Waals surface area contributed by atoms with Gasteiger partial charge in [-0.25, -0.2) is 39.4 Å². The van der Waals surface area contributed by atoms with Gasteiger partial charge in [0.2, 0.25) is 0 Å². The molecule has 642 valence electrons. The second-order valence-corrected chi connectivity index (χ2v) is 35.5. The number of imidazole rings is 3. The SMILES string of the molecule is CCN1CCN(c2ccc3nc(-c4cc(C)c5nc(C)cn5c4)cc(=O)n3c2)CC1.CCc1nc(C)cn2nc(-c3cc(=O)n4cc(N5CC[C@@H](N(C)C)C5)cc(C)c4n3)cc12.Cc1cn2cc(-c3cc(=O)n4cc(N5CCN6CCC[C@@]6(C)C5)ccc4n3)cc(C)c2n1.Cc1cn2cc(-c3cc(=O)n4cc(N5CCN6CCC[C@H]6C5)ccc4n3)cc(C)c2n1. The monoisotopic (exact) mass is 1680 g/mol. The number of aryl methyl sites for hydroxylation is 9. The van der Waals surface area contributed by atoms with Crippen LogP contribution in [-0.4, -0.2) is 230 Å². The highest BCUT2D eigenvalue weighted by Gasteiger charge is 2.41. The number of nitrogens with zero attached hydrogens (tertiary/aromatic N) is 25. The Morgan fingerprint density at radius 2 is 0.880 bits per heavy atom. The molecule has 125 heavy (non-hydrogen) atoms. The number of aromatic nitrogens is 17. The Bertz CT molecular complexity index is 7160. The number of pyridine rings is 7. The standard InChI is InChI=1S/C25H28N6O.C24H29N7O.C24H26N6O.C23H26N6O/c1-17-11-19(14-29-13-18(2)26-24(17)29)21-12-23(32)31-15-20(5-6-22(31)27-21)28-9-10-30-8-4-7-25(30,3)16-28;1-6-19-22-10-21(27-31(22)12-16(3)25-19)20-11-23(32)30-14-18(9-15(2)24(30)26-20)29-8-7-17(13-29)28(4)5;1-16-10-18(13-29-12-17(2)25-24(16)29)21-11-23(31)30-15-20(5-6-22(30)26-21)28-9-8-27-7-3-4-19(27)14-28;1-4-26-7-9-27(10-8-26)19-5-6-21-25-20(12-22(30)29(21)15-19)18-11-16(2)23-24-17(3)13-28(23)14-18/h5-6,11-15H,4,7-10,16H2,1-3H3;9-12,14,17H,6-8,13H2,1-5H3;5-6,10-13,15,19H,3-4,7-9,14H2,1-2H3;5-6,11-15H,4,7-10H2,1-3H3/t25-;17-;19-;/m010./s1. The van der Waals surface area contributed by atoms with Crippen LogP contribution in [0.3, 0.4) is 0 Å². The van der Waals surface area contributed by atoms with Crippen molar-refractivity contribution in [1.29, 1.82) is 0 Å². The Balaban J connectivity index is 0.000000109. The number of hydrogen-bond donors (Lipinski definition) is 0. The van der Waals surface area contributed by atoms with Gasteiger partial charge in [-0.2, -0.15) is 5.10 Å². The molecule has 0 N–H and O–H groups in total. The van der Waals surface area contributed by atoms with Crippen LogP contribution in [0.2, 0.25) is 0 Å². The Morgan fingerprint density at radius 3 is 1.41 bits per heavy atom. The number of fused-ring (bicyclic) bond motifs is 10. The predicted molar refractivity (Wildman–Crippen MR) is 495 cm³/mol. The van der Waals surface area contributed by atoms with Crippen molar-refractivity contribution in [3.05, 3.63) is 251 Å². The molecule has 0 saturated carbocycles. The van der Waals surface area contributed by atoms with Crippen molar-refractivity contribution < 1.29 is 0 Å². The Morgan fingerprint density at radius 1 is 0.400 bits per heavy atom. The van der Waals surface area contributed by atoms with E-state index in [-0.39, 0.29) is 27.8 Å². The van der Waals surface area contributed by atoms with Gasteiger partial charge in [0.25, 0.3) is 22.2 Å². The molecule has 16 aromatic heterocycles. The predicted octanol–water partition coefficient (Wildman–Crippen LogP) is 11.7. The van der Waals surface area contributed by atoms with E-state index in [1.807, 2.05) is 172 Å². The molecule has 16 aromatic rings. The highest BCUT2D eigenvalue weighted by atomic mass is 16.1. The van der Waals surface area contributed by atoms with Crippen LogP contribution in [0.5, 0.6) is 0 Å². The maximum Gasteiger partial charge on any atom is 0.258 e. The van der Waals surface area contributed by atoms with Crippen molar-refractivity contribution >= 4 is 67.8 Å². The van der Waals surface area contributed by atoms with E-state index in [1.165, 1.54) is 38.8 Å². The van der Waals surface area contributed by atoms with Crippen LogP contribution >= 0.6 is 0 Å². The van der Waals surface area contributed by atoms with E-state index < -0.39 is 0 Å². The third kappa shape index (κ3) is 16.1. The molecule has 6 saturated heterocycles. The molecule has 0 radical (unpaired) electrons. The van der Waals surface area contributed by atoms with Crippen LogP contribution in [-0.2, 0) is 6.42 Å². The lowest BCUT2D eigenvalue weighted by atomic mass is 9.95. The minimum Gasteiger partial charge on any atom is -0.369 e. The van der Waals surface area contributed by atoms with Gasteiger partial charge in [0.15, 0.2) is 0 Å². The van der Waals surface area contributed by atoms with Crippen molar-refractivity contribution in [2.75, 3.05) is 132 Å². The Hall–Kier alpha value is -12.8. The molecule has 6 fully saturated rings. The normalized spacial score (nSPS) is 18.3. The lowest BCUT2D eigenvalue weighted by Crippen LogP contribution is -2.57. The fourth-order valence-corrected chi connectivity index (χ4v) is 19.6. The summed E-state index contributed by atoms with van der Waals surface area (Å²) in [5.74, 6) is 0. The Labute approximate surface area is 724 Å². The summed E-state index contributed by atoms with van der Waals surface area (Å²) in [6, 6.07) is 30.1. The first kappa shape index (κ1) is 81.8. The molecule has 29 nitrogen and oxygen atoms in total. The fourth-order valence-electron chi connectivity index (χ4n) is 19.6. The summed E-state index contributed by atoms with van der Waals surface area (Å²) in [7, 11) is 4.24. The van der Waals surface area contributed by atoms with Crippen molar-refractivity contribution in [2.24, 2.45) is 0 Å². The van der Waals surface area contributed by atoms with Crippen molar-refractivity contribution in [3.63, 3.8) is 0 Å². The molecule has 0 bridgehead atoms. The molecule has 0 aromatic carbocycles. The van der Waals surface area contributed by atoms with E-state index in [1.54, 1.807) is 41.9 Å². The van der Waals surface area contributed by atoms with E-state index in [2.05, 4.69) is 135 Å². The molecule has 6 aliphatic rings. The van der Waals surface area contributed by atoms with E-state index in [4.69, 9.17) is 19.9 Å². The molecule has 29 heteroatoms. The number of anilines is 4. The third-order valence-corrected chi connectivity index (χ3v) is 26.4. The van der Waals surface area contributed by atoms with Gasteiger partial charge in [-0.1, -0.05) is 13.8 Å². The second-order valence-electron chi connectivity index (χ2n) is 35.5. The quantitative estimate of drug-likeness (QED) is 0.117. The largest absolute Gasteiger partial charge is 0.369 e. The van der Waals surface area contributed by atoms with Crippen LogP contribution in [0.15, 0.2) is 178 Å². The molecule has 22 rings (SSSR count). The van der Waals surface area contributed by atoms with Gasteiger partial charge in [0, 0.05) is 199 Å². The Kier molecular flexibility index (Phi) is 21.6. The summed E-state index contributed by atoms with van der Waals surface area (Å²) in [6.07, 6.45) is 28.6. The number of likely N-dealkylation sites (N-methyl/N-ethyl adjacent to an activating group) is 2. The summed E-state index contributed by atoms with van der Waals surface area (Å²) in [5, 5.41) is 4.69. The van der Waals surface area contributed by atoms with Crippen molar-refractivity contribution in [3.8, 4) is 45.2 Å². The first-order valence-electron chi connectivity index (χ1n) is 44.1. The highest BCUT2D eigenvalue weighted by molar-refractivity contribution is 5.72.